The van der Waals surface area contributed by atoms with Gasteiger partial charge in [0.05, 0.1) is 11.0 Å². The molecule has 0 radical (unpaired) electrons. The highest BCUT2D eigenvalue weighted by molar-refractivity contribution is 5.60. The molecule has 1 aromatic heterocycles. The zero-order valence-electron chi connectivity index (χ0n) is 8.38. The summed E-state index contributed by atoms with van der Waals surface area (Å²) in [4.78, 5) is 16.2. The average molecular weight is 208 g/mol. The Morgan fingerprint density at radius 2 is 2.40 bits per heavy atom. The van der Waals surface area contributed by atoms with Crippen LogP contribution in [0.2, 0.25) is 0 Å². The zero-order chi connectivity index (χ0) is 10.8. The van der Waals surface area contributed by atoms with E-state index in [0.717, 1.165) is 13.1 Å². The molecule has 0 spiro atoms. The van der Waals surface area contributed by atoms with Gasteiger partial charge in [-0.05, 0) is 13.1 Å². The molecular weight excluding hydrogens is 196 g/mol. The first kappa shape index (κ1) is 9.85. The number of nitrogens with zero attached hydrogens (tertiary/aromatic N) is 3. The molecule has 1 N–H and O–H groups in total. The van der Waals surface area contributed by atoms with E-state index in [1.54, 1.807) is 12.3 Å². The molecule has 1 fully saturated rings. The summed E-state index contributed by atoms with van der Waals surface area (Å²) in [5.41, 5.74) is 0.583. The van der Waals surface area contributed by atoms with Crippen LogP contribution in [-0.2, 0) is 0 Å². The van der Waals surface area contributed by atoms with Crippen LogP contribution >= 0.6 is 0 Å². The molecule has 0 aromatic carbocycles. The van der Waals surface area contributed by atoms with Gasteiger partial charge in [0.1, 0.15) is 11.9 Å². The van der Waals surface area contributed by atoms with Crippen LogP contribution in [0.15, 0.2) is 18.5 Å². The Kier molecular flexibility index (Phi) is 2.51. The highest BCUT2D eigenvalue weighted by Crippen LogP contribution is 2.24. The number of anilines is 1. The van der Waals surface area contributed by atoms with Crippen molar-refractivity contribution in [2.45, 2.75) is 6.04 Å². The van der Waals surface area contributed by atoms with Gasteiger partial charge in [-0.1, -0.05) is 0 Å². The number of rotatable bonds is 3. The average Bonchev–Trinajstić information content (AvgIpc) is 2.16. The number of likely N-dealkylation sites (tertiary alicyclic amines) is 1. The standard InChI is InChI=1S/C9H12N4O2/c1-12-5-7(6-12)11-8-2-3-10-4-9(8)13(14)15/h2-4,7H,5-6H2,1H3,(H,10,11). The van der Waals surface area contributed by atoms with Crippen LogP contribution in [-0.4, -0.2) is 41.0 Å². The molecule has 80 valence electrons. The summed E-state index contributed by atoms with van der Waals surface area (Å²) in [5, 5.41) is 13.8. The van der Waals surface area contributed by atoms with Gasteiger partial charge < -0.3 is 10.2 Å². The first-order valence-corrected chi connectivity index (χ1v) is 4.70. The van der Waals surface area contributed by atoms with E-state index in [1.165, 1.54) is 6.20 Å². The van der Waals surface area contributed by atoms with Gasteiger partial charge in [-0.15, -0.1) is 0 Å². The third-order valence-electron chi connectivity index (χ3n) is 2.42. The summed E-state index contributed by atoms with van der Waals surface area (Å²) >= 11 is 0. The fraction of sp³-hybridized carbons (Fsp3) is 0.444. The van der Waals surface area contributed by atoms with E-state index in [1.807, 2.05) is 7.05 Å². The minimum atomic E-state index is -0.419. The lowest BCUT2D eigenvalue weighted by molar-refractivity contribution is -0.384. The minimum Gasteiger partial charge on any atom is -0.374 e. The lowest BCUT2D eigenvalue weighted by atomic mass is 10.1. The van der Waals surface area contributed by atoms with Crippen LogP contribution in [0.25, 0.3) is 0 Å². The normalized spacial score (nSPS) is 17.1. The first-order valence-electron chi connectivity index (χ1n) is 4.70. The van der Waals surface area contributed by atoms with Gasteiger partial charge in [0.2, 0.25) is 0 Å². The van der Waals surface area contributed by atoms with Crippen molar-refractivity contribution in [2.75, 3.05) is 25.5 Å². The number of nitro groups is 1. The number of hydrogen-bond acceptors (Lipinski definition) is 5. The molecule has 1 aliphatic heterocycles. The van der Waals surface area contributed by atoms with E-state index in [-0.39, 0.29) is 5.69 Å². The molecule has 0 atom stereocenters. The van der Waals surface area contributed by atoms with Crippen molar-refractivity contribution in [3.8, 4) is 0 Å². The van der Waals surface area contributed by atoms with E-state index in [2.05, 4.69) is 15.2 Å². The molecule has 1 aromatic rings. The molecule has 0 amide bonds. The molecule has 2 rings (SSSR count). The van der Waals surface area contributed by atoms with Crippen LogP contribution in [0.1, 0.15) is 0 Å². The van der Waals surface area contributed by atoms with E-state index in [0.29, 0.717) is 11.7 Å². The van der Waals surface area contributed by atoms with Crippen molar-refractivity contribution in [3.63, 3.8) is 0 Å². The van der Waals surface area contributed by atoms with Crippen LogP contribution in [0.4, 0.5) is 11.4 Å². The third-order valence-corrected chi connectivity index (χ3v) is 2.42. The number of nitrogens with one attached hydrogen (secondary N) is 1. The third kappa shape index (κ3) is 2.04. The smallest absolute Gasteiger partial charge is 0.310 e. The van der Waals surface area contributed by atoms with Crippen LogP contribution in [0.3, 0.4) is 0 Å². The van der Waals surface area contributed by atoms with E-state index < -0.39 is 4.92 Å². The van der Waals surface area contributed by atoms with Gasteiger partial charge in [-0.3, -0.25) is 15.1 Å². The van der Waals surface area contributed by atoms with Crippen molar-refractivity contribution in [1.82, 2.24) is 9.88 Å². The lowest BCUT2D eigenvalue weighted by Gasteiger charge is -2.36. The van der Waals surface area contributed by atoms with Crippen LogP contribution in [0.5, 0.6) is 0 Å². The van der Waals surface area contributed by atoms with E-state index in [9.17, 15) is 10.1 Å². The predicted molar refractivity (Wildman–Crippen MR) is 55.8 cm³/mol. The Hall–Kier alpha value is -1.69. The fourth-order valence-electron chi connectivity index (χ4n) is 1.66. The second kappa shape index (κ2) is 3.82. The van der Waals surface area contributed by atoms with Gasteiger partial charge in [0.25, 0.3) is 0 Å². The highest BCUT2D eigenvalue weighted by atomic mass is 16.6. The summed E-state index contributed by atoms with van der Waals surface area (Å²) in [6.45, 7) is 1.83. The zero-order valence-corrected chi connectivity index (χ0v) is 8.38. The topological polar surface area (TPSA) is 71.3 Å². The molecule has 2 heterocycles. The van der Waals surface area contributed by atoms with Crippen LogP contribution in [0, 0.1) is 10.1 Å². The minimum absolute atomic E-state index is 0.0343. The summed E-state index contributed by atoms with van der Waals surface area (Å²) in [6, 6.07) is 1.94. The monoisotopic (exact) mass is 208 g/mol. The van der Waals surface area contributed by atoms with Gasteiger partial charge in [0, 0.05) is 19.3 Å². The van der Waals surface area contributed by atoms with E-state index in [4.69, 9.17) is 0 Å². The van der Waals surface area contributed by atoms with Crippen molar-refractivity contribution < 1.29 is 4.92 Å². The Morgan fingerprint density at radius 3 is 3.00 bits per heavy atom. The Bertz CT molecular complexity index is 376. The number of pyridine rings is 1. The largest absolute Gasteiger partial charge is 0.374 e. The second-order valence-corrected chi connectivity index (χ2v) is 3.71. The maximum atomic E-state index is 10.7. The quantitative estimate of drug-likeness (QED) is 0.585. The SMILES string of the molecule is CN1CC(Nc2ccncc2[N+](=O)[O-])C1. The molecule has 0 bridgehead atoms. The second-order valence-electron chi connectivity index (χ2n) is 3.71. The van der Waals surface area contributed by atoms with Crippen molar-refractivity contribution >= 4 is 11.4 Å². The summed E-state index contributed by atoms with van der Waals surface area (Å²) in [7, 11) is 2.01. The molecule has 6 heteroatoms. The van der Waals surface area contributed by atoms with Gasteiger partial charge in [0.15, 0.2) is 0 Å². The molecule has 6 nitrogen and oxygen atoms in total. The highest BCUT2D eigenvalue weighted by Gasteiger charge is 2.25. The maximum Gasteiger partial charge on any atom is 0.310 e. The van der Waals surface area contributed by atoms with E-state index >= 15 is 0 Å². The number of aromatic nitrogens is 1. The van der Waals surface area contributed by atoms with Crippen molar-refractivity contribution in [3.05, 3.63) is 28.6 Å². The van der Waals surface area contributed by atoms with Crippen LogP contribution < -0.4 is 5.32 Å². The maximum absolute atomic E-state index is 10.7. The van der Waals surface area contributed by atoms with Crippen molar-refractivity contribution in [2.24, 2.45) is 0 Å². The molecule has 1 aliphatic rings. The fourth-order valence-corrected chi connectivity index (χ4v) is 1.66. The summed E-state index contributed by atoms with van der Waals surface area (Å²) in [6.07, 6.45) is 2.82. The molecule has 0 saturated carbocycles. The lowest BCUT2D eigenvalue weighted by Crippen LogP contribution is -2.52. The molecule has 0 aliphatic carbocycles. The first-order chi connectivity index (χ1) is 7.16. The summed E-state index contributed by atoms with van der Waals surface area (Å²) < 4.78 is 0. The molecular formula is C9H12N4O2. The predicted octanol–water partition coefficient (Wildman–Crippen LogP) is 0.716. The van der Waals surface area contributed by atoms with Crippen molar-refractivity contribution in [1.29, 1.82) is 0 Å². The van der Waals surface area contributed by atoms with Gasteiger partial charge in [-0.2, -0.15) is 0 Å². The molecule has 0 unspecified atom stereocenters. The Labute approximate surface area is 87.1 Å². The summed E-state index contributed by atoms with van der Waals surface area (Å²) in [5.74, 6) is 0. The molecule has 15 heavy (non-hydrogen) atoms. The Balaban J connectivity index is 2.10. The number of hydrogen-bond donors (Lipinski definition) is 1. The van der Waals surface area contributed by atoms with Gasteiger partial charge >= 0.3 is 5.69 Å². The van der Waals surface area contributed by atoms with Gasteiger partial charge in [-0.25, -0.2) is 0 Å². The molecule has 1 saturated heterocycles. The Morgan fingerprint density at radius 1 is 1.67 bits per heavy atom. The number of likely N-dealkylation sites (N-methyl/N-ethyl adjacent to an activating group) is 1.